The summed E-state index contributed by atoms with van der Waals surface area (Å²) in [6, 6.07) is 0. The van der Waals surface area contributed by atoms with Gasteiger partial charge in [-0.3, -0.25) is 0 Å². The van der Waals surface area contributed by atoms with Crippen molar-refractivity contribution in [2.75, 3.05) is 13.4 Å². The summed E-state index contributed by atoms with van der Waals surface area (Å²) >= 11 is 1.53. The van der Waals surface area contributed by atoms with E-state index in [-0.39, 0.29) is 0 Å². The van der Waals surface area contributed by atoms with Crippen molar-refractivity contribution in [3.63, 3.8) is 0 Å². The molecule has 0 radical (unpaired) electrons. The largest absolute Gasteiger partial charge is 0.453 e. The van der Waals surface area contributed by atoms with E-state index in [1.165, 1.54) is 18.9 Å². The van der Waals surface area contributed by atoms with Gasteiger partial charge in [0.25, 0.3) is 0 Å². The lowest BCUT2D eigenvalue weighted by atomic mass is 10.2. The Morgan fingerprint density at radius 3 is 2.67 bits per heavy atom. The molecule has 0 bridgehead atoms. The number of amides is 1. The van der Waals surface area contributed by atoms with Crippen LogP contribution >= 0.6 is 11.8 Å². The fraction of sp³-hybridized carbons (Fsp3) is 0.625. The molecule has 0 aromatic heterocycles. The molecule has 1 amide bonds. The van der Waals surface area contributed by atoms with Crippen molar-refractivity contribution in [3.05, 3.63) is 12.7 Å². The summed E-state index contributed by atoms with van der Waals surface area (Å²) < 4.78 is 4.50. The Hall–Kier alpha value is -0.640. The fourth-order valence-electron chi connectivity index (χ4n) is 0.786. The monoisotopic (exact) mass is 189 g/mol. The zero-order valence-corrected chi connectivity index (χ0v) is 8.53. The van der Waals surface area contributed by atoms with Crippen LogP contribution in [0.15, 0.2) is 12.7 Å². The number of hydrogen-bond acceptors (Lipinski definition) is 3. The lowest BCUT2D eigenvalue weighted by molar-refractivity contribution is 0.167. The molecular weight excluding hydrogens is 174 g/mol. The predicted octanol–water partition coefficient (Wildman–Crippen LogP) is 2.00. The van der Waals surface area contributed by atoms with Crippen molar-refractivity contribution >= 4 is 17.9 Å². The Kier molecular flexibility index (Phi) is 4.81. The van der Waals surface area contributed by atoms with Crippen molar-refractivity contribution in [2.24, 2.45) is 0 Å². The van der Waals surface area contributed by atoms with E-state index in [4.69, 9.17) is 0 Å². The van der Waals surface area contributed by atoms with Gasteiger partial charge in [0.15, 0.2) is 0 Å². The topological polar surface area (TPSA) is 38.3 Å². The zero-order chi connectivity index (χ0) is 9.61. The highest BCUT2D eigenvalue weighted by molar-refractivity contribution is 8.00. The Morgan fingerprint density at radius 1 is 1.83 bits per heavy atom. The quantitative estimate of drug-likeness (QED) is 0.543. The molecule has 0 aliphatic heterocycles. The number of nitrogens with one attached hydrogen (secondary N) is 1. The fourth-order valence-corrected chi connectivity index (χ4v) is 1.43. The molecule has 0 unspecified atom stereocenters. The van der Waals surface area contributed by atoms with Crippen LogP contribution < -0.4 is 5.32 Å². The molecule has 3 nitrogen and oxygen atoms in total. The minimum Gasteiger partial charge on any atom is -0.453 e. The zero-order valence-electron chi connectivity index (χ0n) is 7.72. The van der Waals surface area contributed by atoms with Gasteiger partial charge in [0.2, 0.25) is 0 Å². The molecule has 1 N–H and O–H groups in total. The average Bonchev–Trinajstić information content (AvgIpc) is 2.14. The highest BCUT2D eigenvalue weighted by atomic mass is 32.2. The number of rotatable bonds is 4. The second-order valence-electron chi connectivity index (χ2n) is 2.27. The molecule has 0 aliphatic carbocycles. The number of alkyl carbamates (subject to hydrolysis) is 1. The van der Waals surface area contributed by atoms with Crippen LogP contribution in [0.2, 0.25) is 0 Å². The van der Waals surface area contributed by atoms with E-state index >= 15 is 0 Å². The molecule has 70 valence electrons. The van der Waals surface area contributed by atoms with Crippen LogP contribution in [0.3, 0.4) is 0 Å². The van der Waals surface area contributed by atoms with E-state index in [9.17, 15) is 4.79 Å². The van der Waals surface area contributed by atoms with Crippen molar-refractivity contribution in [2.45, 2.75) is 18.2 Å². The highest BCUT2D eigenvalue weighted by Gasteiger charge is 2.25. The van der Waals surface area contributed by atoms with Gasteiger partial charge in [0, 0.05) is 0 Å². The third-order valence-corrected chi connectivity index (χ3v) is 3.00. The van der Waals surface area contributed by atoms with Gasteiger partial charge in [-0.1, -0.05) is 19.6 Å². The Labute approximate surface area is 77.6 Å². The van der Waals surface area contributed by atoms with E-state index < -0.39 is 11.0 Å². The number of ether oxygens (including phenoxy) is 1. The molecule has 0 saturated heterocycles. The molecule has 0 saturated carbocycles. The summed E-state index contributed by atoms with van der Waals surface area (Å²) in [5, 5.41) is 2.71. The summed E-state index contributed by atoms with van der Waals surface area (Å²) in [7, 11) is 1.35. The average molecular weight is 189 g/mol. The lowest BCUT2D eigenvalue weighted by Crippen LogP contribution is -2.43. The van der Waals surface area contributed by atoms with Crippen LogP contribution in [0.4, 0.5) is 4.79 Å². The first kappa shape index (κ1) is 11.4. The Morgan fingerprint density at radius 2 is 2.42 bits per heavy atom. The molecule has 0 fully saturated rings. The summed E-state index contributed by atoms with van der Waals surface area (Å²) in [6.07, 6.45) is 3.99. The third kappa shape index (κ3) is 2.77. The Balaban J connectivity index is 4.29. The molecule has 0 aromatic rings. The number of carbonyl (C=O) groups excluding carboxylic acids is 1. The van der Waals surface area contributed by atoms with Crippen LogP contribution in [0, 0.1) is 0 Å². The number of hydrogen-bond donors (Lipinski definition) is 1. The standard InChI is InChI=1S/C8H15NO2S/c1-5-8(6-2,12-4)9-7(10)11-3/h5H,1,6H2,2-4H3,(H,9,10)/t8-/m1/s1. The van der Waals surface area contributed by atoms with Gasteiger partial charge >= 0.3 is 6.09 Å². The minimum atomic E-state index is -0.425. The van der Waals surface area contributed by atoms with Crippen LogP contribution in [0.5, 0.6) is 0 Å². The molecule has 1 atom stereocenters. The van der Waals surface area contributed by atoms with E-state index in [1.54, 1.807) is 6.08 Å². The van der Waals surface area contributed by atoms with Gasteiger partial charge in [0.05, 0.1) is 7.11 Å². The van der Waals surface area contributed by atoms with Crippen LogP contribution in [-0.4, -0.2) is 24.3 Å². The molecule has 4 heteroatoms. The predicted molar refractivity (Wildman–Crippen MR) is 52.3 cm³/mol. The lowest BCUT2D eigenvalue weighted by Gasteiger charge is -2.27. The van der Waals surface area contributed by atoms with Gasteiger partial charge in [-0.2, -0.15) is 0 Å². The third-order valence-electron chi connectivity index (χ3n) is 1.72. The summed E-state index contributed by atoms with van der Waals surface area (Å²) in [4.78, 5) is 10.5. The highest BCUT2D eigenvalue weighted by Crippen LogP contribution is 2.24. The number of methoxy groups -OCH3 is 1. The van der Waals surface area contributed by atoms with E-state index in [1.807, 2.05) is 13.2 Å². The maximum atomic E-state index is 10.9. The SMILES string of the molecule is C=C[C@@](CC)(NC(=O)OC)SC. The molecular formula is C8H15NO2S. The van der Waals surface area contributed by atoms with Crippen molar-refractivity contribution in [1.29, 1.82) is 0 Å². The summed E-state index contributed by atoms with van der Waals surface area (Å²) in [5.41, 5.74) is 0. The van der Waals surface area contributed by atoms with Crippen LogP contribution in [0.25, 0.3) is 0 Å². The van der Waals surface area contributed by atoms with Gasteiger partial charge in [-0.15, -0.1) is 11.8 Å². The van der Waals surface area contributed by atoms with Gasteiger partial charge in [0.1, 0.15) is 4.87 Å². The maximum Gasteiger partial charge on any atom is 0.408 e. The molecule has 12 heavy (non-hydrogen) atoms. The van der Waals surface area contributed by atoms with E-state index in [0.717, 1.165) is 6.42 Å². The first-order valence-electron chi connectivity index (χ1n) is 3.69. The molecule has 0 rings (SSSR count). The second-order valence-corrected chi connectivity index (χ2v) is 3.40. The van der Waals surface area contributed by atoms with Crippen LogP contribution in [0.1, 0.15) is 13.3 Å². The van der Waals surface area contributed by atoms with Gasteiger partial charge in [-0.25, -0.2) is 4.79 Å². The maximum absolute atomic E-state index is 10.9. The Bertz CT molecular complexity index is 166. The van der Waals surface area contributed by atoms with Gasteiger partial charge in [-0.05, 0) is 12.7 Å². The smallest absolute Gasteiger partial charge is 0.408 e. The molecule has 0 heterocycles. The summed E-state index contributed by atoms with van der Waals surface area (Å²) in [6.45, 7) is 5.65. The van der Waals surface area contributed by atoms with Crippen molar-refractivity contribution in [3.8, 4) is 0 Å². The van der Waals surface area contributed by atoms with E-state index in [0.29, 0.717) is 0 Å². The number of thioether (sulfide) groups is 1. The normalized spacial score (nSPS) is 14.6. The number of carbonyl (C=O) groups is 1. The summed E-state index contributed by atoms with van der Waals surface area (Å²) in [5.74, 6) is 0. The molecule has 0 aromatic carbocycles. The van der Waals surface area contributed by atoms with Crippen LogP contribution in [-0.2, 0) is 4.74 Å². The van der Waals surface area contributed by atoms with E-state index in [2.05, 4.69) is 16.6 Å². The van der Waals surface area contributed by atoms with Crippen molar-refractivity contribution < 1.29 is 9.53 Å². The molecule has 0 aliphatic rings. The first-order valence-corrected chi connectivity index (χ1v) is 4.91. The first-order chi connectivity index (χ1) is 5.64. The van der Waals surface area contributed by atoms with Gasteiger partial charge < -0.3 is 10.1 Å². The molecule has 0 spiro atoms. The second kappa shape index (κ2) is 5.09. The minimum absolute atomic E-state index is 0.396. The van der Waals surface area contributed by atoms with Crippen molar-refractivity contribution in [1.82, 2.24) is 5.32 Å².